The normalized spacial score (nSPS) is 11.1. The second kappa shape index (κ2) is 9.76. The summed E-state index contributed by atoms with van der Waals surface area (Å²) in [6, 6.07) is 26.2. The Morgan fingerprint density at radius 1 is 1.00 bits per heavy atom. The van der Waals surface area contributed by atoms with E-state index in [-0.39, 0.29) is 12.5 Å². The number of nitrogens with zero attached hydrogens (tertiary/aromatic N) is 2. The molecule has 31 heavy (non-hydrogen) atoms. The molecule has 0 atom stereocenters. The number of para-hydroxylation sites is 2. The largest absolute Gasteiger partial charge is 0.483 e. The summed E-state index contributed by atoms with van der Waals surface area (Å²) in [5.74, 6) is 0.434. The average molecular weight is 412 g/mol. The van der Waals surface area contributed by atoms with Gasteiger partial charge in [0.05, 0.1) is 6.21 Å². The van der Waals surface area contributed by atoms with Crippen LogP contribution in [0.1, 0.15) is 23.6 Å². The Kier molecular flexibility index (Phi) is 6.43. The quantitative estimate of drug-likeness (QED) is 0.335. The topological polar surface area (TPSA) is 55.6 Å². The number of benzene rings is 3. The molecular formula is C26H25N3O2. The standard InChI is InChI=1S/C26H25N3O2/c1-2-21-12-6-9-15-25(21)31-19-26(30)28-27-16-22-18-29(17-20-10-4-3-5-11-20)24-14-8-7-13-23(22)24/h3-16,18H,2,17,19H2,1H3,(H,28,30)/b27-16+. The monoisotopic (exact) mass is 411 g/mol. The second-order valence-electron chi connectivity index (χ2n) is 7.26. The van der Waals surface area contributed by atoms with Crippen LogP contribution < -0.4 is 10.2 Å². The molecule has 1 N–H and O–H groups in total. The Labute approximate surface area is 182 Å². The first-order valence-electron chi connectivity index (χ1n) is 10.4. The van der Waals surface area contributed by atoms with Gasteiger partial charge in [-0.3, -0.25) is 4.79 Å². The Hall–Kier alpha value is -3.86. The summed E-state index contributed by atoms with van der Waals surface area (Å²) in [6.45, 7) is 2.75. The van der Waals surface area contributed by atoms with E-state index in [1.54, 1.807) is 6.21 Å². The molecule has 1 amide bonds. The highest BCUT2D eigenvalue weighted by Crippen LogP contribution is 2.21. The fraction of sp³-hybridized carbons (Fsp3) is 0.154. The van der Waals surface area contributed by atoms with Crippen LogP contribution in [0.2, 0.25) is 0 Å². The van der Waals surface area contributed by atoms with E-state index in [1.165, 1.54) is 5.56 Å². The van der Waals surface area contributed by atoms with Crippen LogP contribution in [0, 0.1) is 0 Å². The lowest BCUT2D eigenvalue weighted by Gasteiger charge is -2.08. The third kappa shape index (κ3) is 5.01. The Morgan fingerprint density at radius 2 is 1.74 bits per heavy atom. The van der Waals surface area contributed by atoms with Crippen molar-refractivity contribution in [3.8, 4) is 5.75 Å². The molecule has 156 valence electrons. The first-order valence-corrected chi connectivity index (χ1v) is 10.4. The van der Waals surface area contributed by atoms with Crippen molar-refractivity contribution in [3.05, 3.63) is 102 Å². The number of nitrogens with one attached hydrogen (secondary N) is 1. The highest BCUT2D eigenvalue weighted by Gasteiger charge is 2.08. The molecule has 5 nitrogen and oxygen atoms in total. The number of carbonyl (C=O) groups excluding carboxylic acids is 1. The van der Waals surface area contributed by atoms with Crippen molar-refractivity contribution in [2.45, 2.75) is 19.9 Å². The van der Waals surface area contributed by atoms with Gasteiger partial charge in [0.25, 0.3) is 5.91 Å². The summed E-state index contributed by atoms with van der Waals surface area (Å²) < 4.78 is 7.84. The van der Waals surface area contributed by atoms with E-state index in [2.05, 4.69) is 52.5 Å². The molecule has 4 rings (SSSR count). The van der Waals surface area contributed by atoms with Crippen LogP contribution >= 0.6 is 0 Å². The molecule has 0 aliphatic rings. The van der Waals surface area contributed by atoms with Gasteiger partial charge < -0.3 is 9.30 Å². The summed E-state index contributed by atoms with van der Waals surface area (Å²) in [5.41, 5.74) is 6.93. The summed E-state index contributed by atoms with van der Waals surface area (Å²) in [4.78, 5) is 12.2. The van der Waals surface area contributed by atoms with E-state index >= 15 is 0 Å². The first-order chi connectivity index (χ1) is 15.2. The first kappa shape index (κ1) is 20.4. The number of fused-ring (bicyclic) bond motifs is 1. The molecule has 0 fully saturated rings. The molecule has 0 aliphatic heterocycles. The van der Waals surface area contributed by atoms with Crippen molar-refractivity contribution in [2.75, 3.05) is 6.61 Å². The average Bonchev–Trinajstić information content (AvgIpc) is 3.16. The number of aromatic nitrogens is 1. The lowest BCUT2D eigenvalue weighted by molar-refractivity contribution is -0.123. The number of aryl methyl sites for hydroxylation is 1. The van der Waals surface area contributed by atoms with Crippen molar-refractivity contribution in [1.29, 1.82) is 0 Å². The zero-order chi connectivity index (χ0) is 21.5. The predicted octanol–water partition coefficient (Wildman–Crippen LogP) is 4.78. The number of ether oxygens (including phenoxy) is 1. The third-order valence-electron chi connectivity index (χ3n) is 5.12. The minimum absolute atomic E-state index is 0.0792. The Morgan fingerprint density at radius 3 is 2.58 bits per heavy atom. The number of carbonyl (C=O) groups is 1. The lowest BCUT2D eigenvalue weighted by atomic mass is 10.1. The van der Waals surface area contributed by atoms with E-state index in [4.69, 9.17) is 4.74 Å². The number of hydrazone groups is 1. The van der Waals surface area contributed by atoms with E-state index < -0.39 is 0 Å². The van der Waals surface area contributed by atoms with Crippen LogP contribution in [-0.2, 0) is 17.8 Å². The van der Waals surface area contributed by atoms with Gasteiger partial charge in [-0.2, -0.15) is 5.10 Å². The maximum atomic E-state index is 12.2. The van der Waals surface area contributed by atoms with Crippen molar-refractivity contribution in [2.24, 2.45) is 5.10 Å². The molecule has 0 saturated heterocycles. The van der Waals surface area contributed by atoms with Gasteiger partial charge in [-0.05, 0) is 29.7 Å². The summed E-state index contributed by atoms with van der Waals surface area (Å²) in [7, 11) is 0. The number of rotatable bonds is 8. The van der Waals surface area contributed by atoms with Crippen LogP contribution in [0.4, 0.5) is 0 Å². The van der Waals surface area contributed by atoms with Crippen molar-refractivity contribution in [3.63, 3.8) is 0 Å². The van der Waals surface area contributed by atoms with Crippen molar-refractivity contribution >= 4 is 23.0 Å². The fourth-order valence-corrected chi connectivity index (χ4v) is 3.58. The Bertz CT molecular complexity index is 1200. The molecule has 0 bridgehead atoms. The second-order valence-corrected chi connectivity index (χ2v) is 7.26. The number of amides is 1. The zero-order valence-electron chi connectivity index (χ0n) is 17.5. The van der Waals surface area contributed by atoms with Gasteiger partial charge in [-0.15, -0.1) is 0 Å². The molecule has 5 heteroatoms. The van der Waals surface area contributed by atoms with Gasteiger partial charge in [0, 0.05) is 29.2 Å². The molecule has 0 radical (unpaired) electrons. The van der Waals surface area contributed by atoms with Gasteiger partial charge >= 0.3 is 0 Å². The van der Waals surface area contributed by atoms with Gasteiger partial charge in [0.1, 0.15) is 5.75 Å². The van der Waals surface area contributed by atoms with Gasteiger partial charge in [0.15, 0.2) is 6.61 Å². The van der Waals surface area contributed by atoms with Gasteiger partial charge in [-0.25, -0.2) is 5.43 Å². The maximum Gasteiger partial charge on any atom is 0.277 e. The fourth-order valence-electron chi connectivity index (χ4n) is 3.58. The van der Waals surface area contributed by atoms with Crippen LogP contribution in [0.3, 0.4) is 0 Å². The summed E-state index contributed by atoms with van der Waals surface area (Å²) >= 11 is 0. The molecule has 0 saturated carbocycles. The third-order valence-corrected chi connectivity index (χ3v) is 5.12. The molecule has 0 unspecified atom stereocenters. The minimum atomic E-state index is -0.296. The molecule has 0 spiro atoms. The van der Waals surface area contributed by atoms with Crippen LogP contribution in [0.15, 0.2) is 90.2 Å². The lowest BCUT2D eigenvalue weighted by Crippen LogP contribution is -2.24. The Balaban J connectivity index is 1.43. The molecule has 1 heterocycles. The summed E-state index contributed by atoms with van der Waals surface area (Å²) in [6.07, 6.45) is 4.59. The highest BCUT2D eigenvalue weighted by molar-refractivity contribution is 5.99. The van der Waals surface area contributed by atoms with Crippen molar-refractivity contribution < 1.29 is 9.53 Å². The number of hydrogen-bond acceptors (Lipinski definition) is 3. The molecule has 4 aromatic rings. The van der Waals surface area contributed by atoms with Gasteiger partial charge in [-0.1, -0.05) is 73.7 Å². The molecule has 0 aliphatic carbocycles. The van der Waals surface area contributed by atoms with Crippen LogP contribution in [0.25, 0.3) is 10.9 Å². The molecule has 3 aromatic carbocycles. The SMILES string of the molecule is CCc1ccccc1OCC(=O)N/N=C/c1cn(Cc2ccccc2)c2ccccc12. The smallest absolute Gasteiger partial charge is 0.277 e. The predicted molar refractivity (Wildman–Crippen MR) is 125 cm³/mol. The van der Waals surface area contributed by atoms with E-state index in [0.29, 0.717) is 0 Å². The van der Waals surface area contributed by atoms with E-state index in [0.717, 1.165) is 40.7 Å². The number of hydrogen-bond donors (Lipinski definition) is 1. The summed E-state index contributed by atoms with van der Waals surface area (Å²) in [5, 5.41) is 5.24. The molecule has 1 aromatic heterocycles. The highest BCUT2D eigenvalue weighted by atomic mass is 16.5. The molecular weight excluding hydrogens is 386 g/mol. The maximum absolute atomic E-state index is 12.2. The zero-order valence-corrected chi connectivity index (χ0v) is 17.5. The van der Waals surface area contributed by atoms with Gasteiger partial charge in [0.2, 0.25) is 0 Å². The van der Waals surface area contributed by atoms with Crippen molar-refractivity contribution in [1.82, 2.24) is 9.99 Å². The van der Waals surface area contributed by atoms with E-state index in [9.17, 15) is 4.79 Å². The van der Waals surface area contributed by atoms with Crippen LogP contribution in [0.5, 0.6) is 5.75 Å². The minimum Gasteiger partial charge on any atom is -0.483 e. The van der Waals surface area contributed by atoms with E-state index in [1.807, 2.05) is 54.6 Å². The van der Waals surface area contributed by atoms with Crippen LogP contribution in [-0.4, -0.2) is 23.3 Å².